The highest BCUT2D eigenvalue weighted by Crippen LogP contribution is 2.20. The summed E-state index contributed by atoms with van der Waals surface area (Å²) in [6.45, 7) is 3.69. The molecule has 0 bridgehead atoms. The number of benzene rings is 1. The van der Waals surface area contributed by atoms with E-state index in [0.29, 0.717) is 25.5 Å². The third-order valence-electron chi connectivity index (χ3n) is 3.25. The Labute approximate surface area is 148 Å². The lowest BCUT2D eigenvalue weighted by Gasteiger charge is -2.18. The average molecular weight is 418 g/mol. The molecule has 1 unspecified atom stereocenters. The van der Waals surface area contributed by atoms with Gasteiger partial charge in [0, 0.05) is 25.2 Å². The number of aliphatic hydroxyl groups excluding tert-OH is 1. The highest BCUT2D eigenvalue weighted by molar-refractivity contribution is 14.0. The van der Waals surface area contributed by atoms with Crippen LogP contribution in [0.15, 0.2) is 35.3 Å². The molecular formula is C15H23IN4O2. The van der Waals surface area contributed by atoms with Crippen molar-refractivity contribution in [3.05, 3.63) is 30.3 Å². The minimum atomic E-state index is 0. The van der Waals surface area contributed by atoms with Crippen molar-refractivity contribution < 1.29 is 9.90 Å². The molecule has 2 rings (SSSR count). The van der Waals surface area contributed by atoms with Crippen molar-refractivity contribution in [2.75, 3.05) is 31.1 Å². The minimum absolute atomic E-state index is 0. The van der Waals surface area contributed by atoms with E-state index < -0.39 is 0 Å². The van der Waals surface area contributed by atoms with Gasteiger partial charge in [-0.15, -0.1) is 24.0 Å². The zero-order valence-corrected chi connectivity index (χ0v) is 15.0. The van der Waals surface area contributed by atoms with Gasteiger partial charge in [-0.3, -0.25) is 9.79 Å². The Morgan fingerprint density at radius 1 is 1.41 bits per heavy atom. The van der Waals surface area contributed by atoms with Gasteiger partial charge in [-0.25, -0.2) is 0 Å². The molecule has 6 nitrogen and oxygen atoms in total. The Bertz CT molecular complexity index is 496. The van der Waals surface area contributed by atoms with Crippen molar-refractivity contribution >= 4 is 41.5 Å². The van der Waals surface area contributed by atoms with E-state index in [1.807, 2.05) is 37.3 Å². The van der Waals surface area contributed by atoms with Crippen LogP contribution < -0.4 is 15.5 Å². The first-order valence-electron chi connectivity index (χ1n) is 7.25. The quantitative estimate of drug-likeness (QED) is 0.378. The third kappa shape index (κ3) is 5.13. The molecule has 0 radical (unpaired) electrons. The SMILES string of the molecule is CCNC(=NCCO)NC1CC(=O)N(c2ccccc2)C1.I. The molecule has 1 fully saturated rings. The Hall–Kier alpha value is -1.35. The molecule has 0 aliphatic carbocycles. The van der Waals surface area contributed by atoms with Crippen LogP contribution >= 0.6 is 24.0 Å². The van der Waals surface area contributed by atoms with Crippen LogP contribution in [-0.2, 0) is 4.79 Å². The molecule has 0 spiro atoms. The van der Waals surface area contributed by atoms with Crippen LogP contribution in [0.25, 0.3) is 0 Å². The number of guanidine groups is 1. The standard InChI is InChI=1S/C15H22N4O2.HI/c1-2-16-15(17-8-9-20)18-12-10-14(21)19(11-12)13-6-4-3-5-7-13;/h3-7,12,20H,2,8-11H2,1H3,(H2,16,17,18);1H. The normalized spacial score (nSPS) is 18.1. The molecule has 122 valence electrons. The first-order chi connectivity index (χ1) is 10.2. The van der Waals surface area contributed by atoms with Gasteiger partial charge in [0.2, 0.25) is 5.91 Å². The van der Waals surface area contributed by atoms with Crippen LogP contribution in [0.1, 0.15) is 13.3 Å². The first kappa shape index (κ1) is 18.7. The van der Waals surface area contributed by atoms with E-state index >= 15 is 0 Å². The van der Waals surface area contributed by atoms with Crippen LogP contribution in [-0.4, -0.2) is 49.3 Å². The van der Waals surface area contributed by atoms with Gasteiger partial charge in [0.15, 0.2) is 5.96 Å². The summed E-state index contributed by atoms with van der Waals surface area (Å²) in [5.41, 5.74) is 0.920. The lowest BCUT2D eigenvalue weighted by Crippen LogP contribution is -2.44. The lowest BCUT2D eigenvalue weighted by molar-refractivity contribution is -0.117. The van der Waals surface area contributed by atoms with Gasteiger partial charge in [0.1, 0.15) is 0 Å². The number of hydrogen-bond donors (Lipinski definition) is 3. The predicted molar refractivity (Wildman–Crippen MR) is 98.8 cm³/mol. The maximum Gasteiger partial charge on any atom is 0.229 e. The Balaban J connectivity index is 0.00000242. The summed E-state index contributed by atoms with van der Waals surface area (Å²) in [6, 6.07) is 9.68. The Kier molecular flexibility index (Phi) is 8.18. The number of halogens is 1. The van der Waals surface area contributed by atoms with Gasteiger partial charge >= 0.3 is 0 Å². The summed E-state index contributed by atoms with van der Waals surface area (Å²) in [5.74, 6) is 0.746. The summed E-state index contributed by atoms with van der Waals surface area (Å²) >= 11 is 0. The van der Waals surface area contributed by atoms with Crippen LogP contribution in [0, 0.1) is 0 Å². The molecule has 1 atom stereocenters. The lowest BCUT2D eigenvalue weighted by atomic mass is 10.2. The van der Waals surface area contributed by atoms with Crippen molar-refractivity contribution in [1.82, 2.24) is 10.6 Å². The molecule has 1 aliphatic heterocycles. The summed E-state index contributed by atoms with van der Waals surface area (Å²) in [7, 11) is 0. The minimum Gasteiger partial charge on any atom is -0.394 e. The average Bonchev–Trinajstić information content (AvgIpc) is 2.86. The van der Waals surface area contributed by atoms with E-state index in [2.05, 4.69) is 15.6 Å². The maximum atomic E-state index is 12.1. The molecule has 1 heterocycles. The second-order valence-electron chi connectivity index (χ2n) is 4.87. The van der Waals surface area contributed by atoms with Gasteiger partial charge < -0.3 is 20.6 Å². The largest absolute Gasteiger partial charge is 0.394 e. The maximum absolute atomic E-state index is 12.1. The number of anilines is 1. The smallest absolute Gasteiger partial charge is 0.229 e. The van der Waals surface area contributed by atoms with E-state index in [4.69, 9.17) is 5.11 Å². The predicted octanol–water partition coefficient (Wildman–Crippen LogP) is 0.957. The monoisotopic (exact) mass is 418 g/mol. The molecule has 0 saturated carbocycles. The van der Waals surface area contributed by atoms with Crippen LogP contribution in [0.5, 0.6) is 0 Å². The Morgan fingerprint density at radius 2 is 2.14 bits per heavy atom. The second-order valence-corrected chi connectivity index (χ2v) is 4.87. The molecule has 22 heavy (non-hydrogen) atoms. The van der Waals surface area contributed by atoms with Crippen molar-refractivity contribution in [3.63, 3.8) is 0 Å². The fourth-order valence-corrected chi connectivity index (χ4v) is 2.34. The zero-order valence-electron chi connectivity index (χ0n) is 12.7. The molecule has 1 saturated heterocycles. The van der Waals surface area contributed by atoms with Crippen molar-refractivity contribution in [1.29, 1.82) is 0 Å². The van der Waals surface area contributed by atoms with Gasteiger partial charge in [-0.2, -0.15) is 0 Å². The number of amides is 1. The fraction of sp³-hybridized carbons (Fsp3) is 0.467. The molecule has 1 aliphatic rings. The van der Waals surface area contributed by atoms with E-state index in [-0.39, 0.29) is 42.5 Å². The molecule has 0 aromatic heterocycles. The Morgan fingerprint density at radius 3 is 2.77 bits per heavy atom. The van der Waals surface area contributed by atoms with Gasteiger partial charge in [0.25, 0.3) is 0 Å². The fourth-order valence-electron chi connectivity index (χ4n) is 2.34. The zero-order chi connectivity index (χ0) is 15.1. The third-order valence-corrected chi connectivity index (χ3v) is 3.25. The van der Waals surface area contributed by atoms with Gasteiger partial charge in [0.05, 0.1) is 19.2 Å². The van der Waals surface area contributed by atoms with Crippen molar-refractivity contribution in [2.24, 2.45) is 4.99 Å². The number of aliphatic imine (C=N–C) groups is 1. The number of hydrogen-bond acceptors (Lipinski definition) is 3. The van der Waals surface area contributed by atoms with E-state index in [9.17, 15) is 4.79 Å². The summed E-state index contributed by atoms with van der Waals surface area (Å²) in [4.78, 5) is 18.1. The van der Waals surface area contributed by atoms with Crippen LogP contribution in [0.2, 0.25) is 0 Å². The molecule has 3 N–H and O–H groups in total. The number of aliphatic hydroxyl groups is 1. The van der Waals surface area contributed by atoms with Crippen LogP contribution in [0.3, 0.4) is 0 Å². The van der Waals surface area contributed by atoms with Gasteiger partial charge in [-0.05, 0) is 19.1 Å². The topological polar surface area (TPSA) is 77.0 Å². The van der Waals surface area contributed by atoms with Crippen molar-refractivity contribution in [2.45, 2.75) is 19.4 Å². The first-order valence-corrected chi connectivity index (χ1v) is 7.25. The number of rotatable bonds is 5. The number of para-hydroxylation sites is 1. The molecule has 7 heteroatoms. The van der Waals surface area contributed by atoms with E-state index in [1.54, 1.807) is 4.90 Å². The van der Waals surface area contributed by atoms with Gasteiger partial charge in [-0.1, -0.05) is 18.2 Å². The molecule has 1 aromatic rings. The molecular weight excluding hydrogens is 395 g/mol. The molecule has 1 aromatic carbocycles. The van der Waals surface area contributed by atoms with E-state index in [0.717, 1.165) is 12.2 Å². The highest BCUT2D eigenvalue weighted by Gasteiger charge is 2.30. The van der Waals surface area contributed by atoms with Crippen LogP contribution in [0.4, 0.5) is 5.69 Å². The second kappa shape index (κ2) is 9.62. The summed E-state index contributed by atoms with van der Waals surface area (Å²) in [6.07, 6.45) is 0.443. The number of carbonyl (C=O) groups is 1. The number of carbonyl (C=O) groups excluding carboxylic acids is 1. The summed E-state index contributed by atoms with van der Waals surface area (Å²) < 4.78 is 0. The van der Waals surface area contributed by atoms with E-state index in [1.165, 1.54) is 0 Å². The molecule has 1 amide bonds. The van der Waals surface area contributed by atoms with Crippen molar-refractivity contribution in [3.8, 4) is 0 Å². The number of nitrogens with one attached hydrogen (secondary N) is 2. The highest BCUT2D eigenvalue weighted by atomic mass is 127. The number of nitrogens with zero attached hydrogens (tertiary/aromatic N) is 2. The summed E-state index contributed by atoms with van der Waals surface area (Å²) in [5, 5.41) is 15.2.